The van der Waals surface area contributed by atoms with Crippen LogP contribution in [0.25, 0.3) is 0 Å². The van der Waals surface area contributed by atoms with Crippen molar-refractivity contribution >= 4 is 62.0 Å². The number of Topliss-reactive ketones (excluding diaryl/α,β-unsaturated/α-hetero) is 1. The van der Waals surface area contributed by atoms with E-state index < -0.39 is 11.7 Å². The highest BCUT2D eigenvalue weighted by atomic mass is 127. The van der Waals surface area contributed by atoms with Gasteiger partial charge < -0.3 is 10.6 Å². The van der Waals surface area contributed by atoms with Crippen LogP contribution in [0.2, 0.25) is 0 Å². The molecule has 1 aliphatic rings. The number of hydrogen-bond donors (Lipinski definition) is 2. The molecule has 3 rings (SSSR count). The van der Waals surface area contributed by atoms with E-state index in [-0.39, 0.29) is 11.5 Å². The molecule has 0 saturated carbocycles. The van der Waals surface area contributed by atoms with Crippen LogP contribution in [0.5, 0.6) is 0 Å². The van der Waals surface area contributed by atoms with Gasteiger partial charge in [-0.15, -0.1) is 11.3 Å². The molecule has 0 unspecified atom stereocenters. The summed E-state index contributed by atoms with van der Waals surface area (Å²) in [7, 11) is 0. The van der Waals surface area contributed by atoms with E-state index in [4.69, 9.17) is 0 Å². The van der Waals surface area contributed by atoms with Crippen molar-refractivity contribution in [1.82, 2.24) is 5.32 Å². The van der Waals surface area contributed by atoms with Gasteiger partial charge in [0.25, 0.3) is 5.91 Å². The third-order valence-electron chi connectivity index (χ3n) is 4.04. The zero-order chi connectivity index (χ0) is 18.8. The van der Waals surface area contributed by atoms with E-state index in [9.17, 15) is 14.0 Å². The van der Waals surface area contributed by atoms with Crippen LogP contribution >= 0.6 is 33.9 Å². The van der Waals surface area contributed by atoms with Gasteiger partial charge in [0.05, 0.1) is 16.1 Å². The Morgan fingerprint density at radius 3 is 2.77 bits per heavy atom. The van der Waals surface area contributed by atoms with Gasteiger partial charge in [-0.25, -0.2) is 9.38 Å². The first-order chi connectivity index (χ1) is 12.4. The molecule has 2 heterocycles. The molecule has 0 atom stereocenters. The normalized spacial score (nSPS) is 15.5. The van der Waals surface area contributed by atoms with Crippen LogP contribution in [0, 0.1) is 16.3 Å². The largest absolute Gasteiger partial charge is 0.344 e. The quantitative estimate of drug-likeness (QED) is 0.500. The molecule has 1 aromatic heterocycles. The van der Waals surface area contributed by atoms with Gasteiger partial charge in [-0.2, -0.15) is 0 Å². The summed E-state index contributed by atoms with van der Waals surface area (Å²) >= 11 is 3.18. The van der Waals surface area contributed by atoms with Gasteiger partial charge in [-0.1, -0.05) is 0 Å². The average Bonchev–Trinajstić information content (AvgIpc) is 3.18. The van der Waals surface area contributed by atoms with Gasteiger partial charge in [-0.05, 0) is 66.6 Å². The molecule has 1 aromatic carbocycles. The number of ketones is 1. The third-order valence-corrected chi connectivity index (χ3v) is 6.02. The Balaban J connectivity index is 2.03. The van der Waals surface area contributed by atoms with Gasteiger partial charge in [0, 0.05) is 22.4 Å². The molecular formula is C18H17FIN3O2S. The van der Waals surface area contributed by atoms with Crippen molar-refractivity contribution in [2.24, 2.45) is 4.99 Å². The van der Waals surface area contributed by atoms with Crippen LogP contribution in [-0.4, -0.2) is 30.5 Å². The summed E-state index contributed by atoms with van der Waals surface area (Å²) in [6.07, 6.45) is 0.725. The monoisotopic (exact) mass is 485 g/mol. The van der Waals surface area contributed by atoms with Gasteiger partial charge in [0.1, 0.15) is 10.8 Å². The maximum atomic E-state index is 14.2. The predicted molar refractivity (Wildman–Crippen MR) is 111 cm³/mol. The van der Waals surface area contributed by atoms with E-state index >= 15 is 0 Å². The molecule has 0 bridgehead atoms. The number of aliphatic imine (C=N–C) groups is 1. The molecular weight excluding hydrogens is 468 g/mol. The van der Waals surface area contributed by atoms with Crippen LogP contribution < -0.4 is 10.6 Å². The Bertz CT molecular complexity index is 915. The fraction of sp³-hybridized carbons (Fsp3) is 0.278. The lowest BCUT2D eigenvalue weighted by molar-refractivity contribution is 0.100. The number of carbonyl (C=O) groups is 2. The van der Waals surface area contributed by atoms with Crippen LogP contribution in [0.1, 0.15) is 38.9 Å². The van der Waals surface area contributed by atoms with E-state index in [0.29, 0.717) is 27.5 Å². The molecule has 26 heavy (non-hydrogen) atoms. The maximum absolute atomic E-state index is 14.2. The van der Waals surface area contributed by atoms with Gasteiger partial charge in [-0.3, -0.25) is 9.59 Å². The molecule has 1 fully saturated rings. The van der Waals surface area contributed by atoms with Gasteiger partial charge in [0.15, 0.2) is 5.78 Å². The number of hydrogen-bond acceptors (Lipinski definition) is 5. The number of halogens is 2. The molecule has 0 spiro atoms. The Morgan fingerprint density at radius 1 is 1.38 bits per heavy atom. The van der Waals surface area contributed by atoms with Crippen molar-refractivity contribution in [1.29, 1.82) is 0 Å². The first-order valence-electron chi connectivity index (χ1n) is 8.04. The lowest BCUT2D eigenvalue weighted by atomic mass is 10.1. The molecule has 1 saturated heterocycles. The van der Waals surface area contributed by atoms with Crippen LogP contribution in [0.4, 0.5) is 15.1 Å². The maximum Gasteiger partial charge on any atom is 0.280 e. The Morgan fingerprint density at radius 2 is 2.15 bits per heavy atom. The van der Waals surface area contributed by atoms with Crippen LogP contribution in [-0.2, 0) is 0 Å². The number of amides is 1. The van der Waals surface area contributed by atoms with Crippen LogP contribution in [0.15, 0.2) is 23.2 Å². The molecule has 2 aromatic rings. The summed E-state index contributed by atoms with van der Waals surface area (Å²) in [5.41, 5.74) is 1.95. The van der Waals surface area contributed by atoms with E-state index in [1.807, 2.05) is 22.6 Å². The van der Waals surface area contributed by atoms with E-state index in [1.54, 1.807) is 19.1 Å². The smallest absolute Gasteiger partial charge is 0.280 e. The minimum Gasteiger partial charge on any atom is -0.344 e. The lowest BCUT2D eigenvalue weighted by Crippen LogP contribution is -2.11. The highest BCUT2D eigenvalue weighted by molar-refractivity contribution is 14.1. The Hall–Kier alpha value is -1.65. The Labute approximate surface area is 168 Å². The summed E-state index contributed by atoms with van der Waals surface area (Å²) in [6.45, 7) is 4.56. The molecule has 1 aliphatic heterocycles. The van der Waals surface area contributed by atoms with Crippen molar-refractivity contribution in [2.45, 2.75) is 20.3 Å². The van der Waals surface area contributed by atoms with Crippen molar-refractivity contribution in [3.05, 3.63) is 43.6 Å². The first kappa shape index (κ1) is 19.1. The number of nitrogens with zero attached hydrogens (tertiary/aromatic N) is 1. The van der Waals surface area contributed by atoms with Gasteiger partial charge >= 0.3 is 0 Å². The average molecular weight is 485 g/mol. The zero-order valence-corrected chi connectivity index (χ0v) is 17.3. The topological polar surface area (TPSA) is 70.6 Å². The minimum atomic E-state index is -0.419. The summed E-state index contributed by atoms with van der Waals surface area (Å²) in [4.78, 5) is 29.3. The summed E-state index contributed by atoms with van der Waals surface area (Å²) in [5, 5.41) is 6.54. The number of rotatable bonds is 4. The highest BCUT2D eigenvalue weighted by Gasteiger charge is 2.24. The summed E-state index contributed by atoms with van der Waals surface area (Å²) in [5.74, 6) is -0.955. The van der Waals surface area contributed by atoms with Crippen molar-refractivity contribution in [3.63, 3.8) is 0 Å². The number of benzene rings is 1. The molecule has 2 N–H and O–H groups in total. The lowest BCUT2D eigenvalue weighted by Gasteiger charge is -2.08. The third kappa shape index (κ3) is 4.02. The second kappa shape index (κ2) is 7.93. The molecule has 136 valence electrons. The van der Waals surface area contributed by atoms with E-state index in [2.05, 4.69) is 15.6 Å². The fourth-order valence-corrected chi connectivity index (χ4v) is 4.32. The van der Waals surface area contributed by atoms with Crippen molar-refractivity contribution in [3.8, 4) is 0 Å². The molecule has 0 radical (unpaired) electrons. The van der Waals surface area contributed by atoms with Crippen LogP contribution in [0.3, 0.4) is 0 Å². The summed E-state index contributed by atoms with van der Waals surface area (Å²) in [6, 6.07) is 4.78. The van der Waals surface area contributed by atoms with Crippen molar-refractivity contribution in [2.75, 3.05) is 18.4 Å². The van der Waals surface area contributed by atoms with E-state index in [0.717, 1.165) is 33.6 Å². The fourth-order valence-electron chi connectivity index (χ4n) is 2.76. The zero-order valence-electron chi connectivity index (χ0n) is 14.3. The second-order valence-electron chi connectivity index (χ2n) is 5.98. The molecule has 0 aliphatic carbocycles. The molecule has 5 nitrogen and oxygen atoms in total. The number of anilines is 2. The number of nitrogens with one attached hydrogen (secondary N) is 2. The standard InChI is InChI=1S/C18H17FIN3O2S/c1-9-15(17(25)22-12-5-6-21-8-12)18(26-16(9)10(2)24)23-14-4-3-11(20)7-13(14)19/h3-4,7,21,23H,5-6,8H2,1-2H3. The SMILES string of the molecule is CC(=O)c1sc(Nc2ccc(I)cc2F)c(C(=O)N=C2CCNC2)c1C. The molecule has 8 heteroatoms. The number of thiophene rings is 1. The predicted octanol–water partition coefficient (Wildman–Crippen LogP) is 4.32. The highest BCUT2D eigenvalue weighted by Crippen LogP contribution is 2.36. The van der Waals surface area contributed by atoms with E-state index in [1.165, 1.54) is 13.0 Å². The molecule has 1 amide bonds. The summed E-state index contributed by atoms with van der Waals surface area (Å²) < 4.78 is 15.0. The minimum absolute atomic E-state index is 0.132. The Kier molecular flexibility index (Phi) is 5.83. The second-order valence-corrected chi connectivity index (χ2v) is 8.24. The first-order valence-corrected chi connectivity index (χ1v) is 9.94. The van der Waals surface area contributed by atoms with Crippen molar-refractivity contribution < 1.29 is 14.0 Å². The van der Waals surface area contributed by atoms with Gasteiger partial charge in [0.2, 0.25) is 0 Å². The number of carbonyl (C=O) groups excluding carboxylic acids is 2.